The molecule has 0 saturated heterocycles. The molecule has 0 unspecified atom stereocenters. The van der Waals surface area contributed by atoms with E-state index in [2.05, 4.69) is 0 Å². The van der Waals surface area contributed by atoms with Crippen LogP contribution in [0.3, 0.4) is 0 Å². The van der Waals surface area contributed by atoms with E-state index in [0.717, 1.165) is 16.7 Å². The maximum Gasteiger partial charge on any atom is 0.306 e. The highest BCUT2D eigenvalue weighted by Crippen LogP contribution is 2.31. The molecule has 0 aliphatic heterocycles. The Kier molecular flexibility index (Phi) is 7.83. The summed E-state index contributed by atoms with van der Waals surface area (Å²) in [5, 5.41) is 0. The second-order valence-electron chi connectivity index (χ2n) is 7.76. The van der Waals surface area contributed by atoms with Gasteiger partial charge in [-0.25, -0.2) is 8.42 Å². The molecular formula is C26H29NO4S. The van der Waals surface area contributed by atoms with Gasteiger partial charge in [0.05, 0.1) is 10.9 Å². The lowest BCUT2D eigenvalue weighted by Gasteiger charge is -2.34. The van der Waals surface area contributed by atoms with Crippen molar-refractivity contribution in [3.8, 4) is 0 Å². The van der Waals surface area contributed by atoms with E-state index in [1.807, 2.05) is 67.6 Å². The monoisotopic (exact) mass is 451 g/mol. The van der Waals surface area contributed by atoms with Crippen molar-refractivity contribution in [2.24, 2.45) is 0 Å². The maximum atomic E-state index is 13.8. The van der Waals surface area contributed by atoms with Gasteiger partial charge < -0.3 is 4.74 Å². The Hall–Kier alpha value is -2.96. The van der Waals surface area contributed by atoms with Crippen molar-refractivity contribution < 1.29 is 17.9 Å². The van der Waals surface area contributed by atoms with Crippen LogP contribution in [-0.2, 0) is 26.1 Å². The van der Waals surface area contributed by atoms with Gasteiger partial charge in [0, 0.05) is 13.0 Å². The molecule has 5 nitrogen and oxygen atoms in total. The lowest BCUT2D eigenvalue weighted by Crippen LogP contribution is -2.42. The van der Waals surface area contributed by atoms with E-state index in [1.54, 1.807) is 38.1 Å². The van der Waals surface area contributed by atoms with E-state index in [4.69, 9.17) is 4.74 Å². The van der Waals surface area contributed by atoms with Gasteiger partial charge in [-0.1, -0.05) is 85.3 Å². The van der Waals surface area contributed by atoms with E-state index in [0.29, 0.717) is 0 Å². The summed E-state index contributed by atoms with van der Waals surface area (Å²) in [5.74, 6) is -0.377. The second-order valence-corrected chi connectivity index (χ2v) is 9.65. The van der Waals surface area contributed by atoms with E-state index in [1.165, 1.54) is 4.31 Å². The fourth-order valence-electron chi connectivity index (χ4n) is 3.52. The normalized spacial score (nSPS) is 13.5. The van der Waals surface area contributed by atoms with Gasteiger partial charge >= 0.3 is 5.97 Å². The van der Waals surface area contributed by atoms with Crippen molar-refractivity contribution in [2.75, 3.05) is 0 Å². The Morgan fingerprint density at radius 3 is 2.03 bits per heavy atom. The fraction of sp³-hybridized carbons (Fsp3) is 0.269. The molecule has 0 bridgehead atoms. The molecule has 0 amide bonds. The SMILES string of the molecule is CCC(=O)O[C@H](c1ccccc1)[C@H](C)N(Cc1ccccc1)S(=O)(=O)c1ccc(C)cc1. The first-order valence-corrected chi connectivity index (χ1v) is 12.1. The summed E-state index contributed by atoms with van der Waals surface area (Å²) >= 11 is 0. The van der Waals surface area contributed by atoms with E-state index in [-0.39, 0.29) is 23.8 Å². The predicted molar refractivity (Wildman–Crippen MR) is 125 cm³/mol. The first-order chi connectivity index (χ1) is 15.3. The van der Waals surface area contributed by atoms with Gasteiger partial charge in [0.25, 0.3) is 0 Å². The standard InChI is InChI=1S/C26H29NO4S/c1-4-25(28)31-26(23-13-9-6-10-14-23)21(3)27(19-22-11-7-5-8-12-22)32(29,30)24-17-15-20(2)16-18-24/h5-18,21,26H,4,19H2,1-3H3/t21-,26-/m0/s1. The number of aryl methyl sites for hydroxylation is 1. The third kappa shape index (κ3) is 5.64. The molecule has 0 aliphatic carbocycles. The molecule has 0 fully saturated rings. The van der Waals surface area contributed by atoms with Gasteiger partial charge in [-0.05, 0) is 37.1 Å². The van der Waals surface area contributed by atoms with Gasteiger partial charge in [-0.3, -0.25) is 4.79 Å². The maximum absolute atomic E-state index is 13.8. The van der Waals surface area contributed by atoms with Gasteiger partial charge in [-0.15, -0.1) is 0 Å². The highest BCUT2D eigenvalue weighted by molar-refractivity contribution is 7.89. The van der Waals surface area contributed by atoms with Gasteiger partial charge in [0.15, 0.2) is 0 Å². The summed E-state index contributed by atoms with van der Waals surface area (Å²) in [6, 6.07) is 24.9. The summed E-state index contributed by atoms with van der Waals surface area (Å²) in [6.45, 7) is 5.58. The topological polar surface area (TPSA) is 63.7 Å². The minimum atomic E-state index is -3.87. The Balaban J connectivity index is 2.07. The quantitative estimate of drug-likeness (QED) is 0.416. The molecule has 0 aromatic heterocycles. The Morgan fingerprint density at radius 1 is 0.906 bits per heavy atom. The average Bonchev–Trinajstić information content (AvgIpc) is 2.81. The van der Waals surface area contributed by atoms with Gasteiger partial charge in [0.1, 0.15) is 6.10 Å². The number of benzene rings is 3. The lowest BCUT2D eigenvalue weighted by molar-refractivity contribution is -0.151. The molecule has 0 heterocycles. The van der Waals surface area contributed by atoms with Gasteiger partial charge in [-0.2, -0.15) is 4.31 Å². The zero-order valence-corrected chi connectivity index (χ0v) is 19.5. The molecule has 2 atom stereocenters. The smallest absolute Gasteiger partial charge is 0.306 e. The van der Waals surface area contributed by atoms with Crippen molar-refractivity contribution in [3.05, 3.63) is 102 Å². The van der Waals surface area contributed by atoms with Crippen LogP contribution in [-0.4, -0.2) is 24.7 Å². The van der Waals surface area contributed by atoms with Crippen LogP contribution in [0.2, 0.25) is 0 Å². The number of hydrogen-bond acceptors (Lipinski definition) is 4. The molecule has 168 valence electrons. The van der Waals surface area contributed by atoms with Crippen molar-refractivity contribution in [1.82, 2.24) is 4.31 Å². The van der Waals surface area contributed by atoms with Crippen molar-refractivity contribution in [2.45, 2.75) is 50.8 Å². The first kappa shape index (κ1) is 23.7. The number of carbonyl (C=O) groups excluding carboxylic acids is 1. The zero-order valence-electron chi connectivity index (χ0n) is 18.6. The van der Waals surface area contributed by atoms with Crippen LogP contribution in [0.15, 0.2) is 89.8 Å². The molecule has 0 radical (unpaired) electrons. The van der Waals surface area contributed by atoms with Crippen LogP contribution in [0.5, 0.6) is 0 Å². The summed E-state index contributed by atoms with van der Waals surface area (Å²) in [7, 11) is -3.87. The number of esters is 1. The molecule has 0 aliphatic rings. The minimum Gasteiger partial charge on any atom is -0.456 e. The molecule has 3 rings (SSSR count). The van der Waals surface area contributed by atoms with E-state index in [9.17, 15) is 13.2 Å². The highest BCUT2D eigenvalue weighted by Gasteiger charge is 2.36. The van der Waals surface area contributed by atoms with Crippen molar-refractivity contribution >= 4 is 16.0 Å². The van der Waals surface area contributed by atoms with E-state index >= 15 is 0 Å². The summed E-state index contributed by atoms with van der Waals surface area (Å²) in [4.78, 5) is 12.5. The summed E-state index contributed by atoms with van der Waals surface area (Å²) < 4.78 is 34.7. The highest BCUT2D eigenvalue weighted by atomic mass is 32.2. The molecule has 3 aromatic rings. The van der Waals surface area contributed by atoms with Gasteiger partial charge in [0.2, 0.25) is 10.0 Å². The lowest BCUT2D eigenvalue weighted by atomic mass is 10.0. The molecule has 0 spiro atoms. The minimum absolute atomic E-state index is 0.158. The second kappa shape index (κ2) is 10.6. The van der Waals surface area contributed by atoms with Crippen molar-refractivity contribution in [3.63, 3.8) is 0 Å². The number of ether oxygens (including phenoxy) is 1. The number of rotatable bonds is 9. The molecule has 32 heavy (non-hydrogen) atoms. The van der Waals surface area contributed by atoms with Crippen LogP contribution in [0, 0.1) is 6.92 Å². The van der Waals surface area contributed by atoms with Crippen molar-refractivity contribution in [1.29, 1.82) is 0 Å². The van der Waals surface area contributed by atoms with Crippen LogP contribution in [0.1, 0.15) is 43.1 Å². The summed E-state index contributed by atoms with van der Waals surface area (Å²) in [5.41, 5.74) is 2.58. The predicted octanol–water partition coefficient (Wildman–Crippen LogP) is 5.27. The third-order valence-corrected chi connectivity index (χ3v) is 7.32. The van der Waals surface area contributed by atoms with Crippen LogP contribution < -0.4 is 0 Å². The number of sulfonamides is 1. The number of nitrogens with zero attached hydrogens (tertiary/aromatic N) is 1. The Labute approximate surface area is 190 Å². The molecular weight excluding hydrogens is 422 g/mol. The number of hydrogen-bond donors (Lipinski definition) is 0. The fourth-order valence-corrected chi connectivity index (χ4v) is 5.14. The third-order valence-electron chi connectivity index (χ3n) is 5.38. The van der Waals surface area contributed by atoms with Crippen LogP contribution >= 0.6 is 0 Å². The summed E-state index contributed by atoms with van der Waals surface area (Å²) in [6.07, 6.45) is -0.535. The average molecular weight is 452 g/mol. The Morgan fingerprint density at radius 2 is 1.47 bits per heavy atom. The van der Waals surface area contributed by atoms with Crippen LogP contribution in [0.25, 0.3) is 0 Å². The molecule has 0 saturated carbocycles. The zero-order chi connectivity index (χ0) is 23.1. The molecule has 6 heteroatoms. The molecule has 3 aromatic carbocycles. The molecule has 0 N–H and O–H groups in total. The Bertz CT molecular complexity index is 1110. The largest absolute Gasteiger partial charge is 0.456 e. The first-order valence-electron chi connectivity index (χ1n) is 10.7. The number of carbonyl (C=O) groups is 1. The van der Waals surface area contributed by atoms with Crippen LogP contribution in [0.4, 0.5) is 0 Å². The van der Waals surface area contributed by atoms with E-state index < -0.39 is 22.2 Å².